The molecule has 0 spiro atoms. The molecular weight excluding hydrogens is 275 g/mol. The van der Waals surface area contributed by atoms with Gasteiger partial charge >= 0.3 is 0 Å². The fourth-order valence-electron chi connectivity index (χ4n) is 0.692. The Morgan fingerprint density at radius 1 is 1.40 bits per heavy atom. The van der Waals surface area contributed by atoms with Crippen LogP contribution in [0.3, 0.4) is 0 Å². The van der Waals surface area contributed by atoms with Crippen molar-refractivity contribution in [1.82, 2.24) is 0 Å². The molecule has 1 aromatic carbocycles. The molecule has 0 aliphatic rings. The highest BCUT2D eigenvalue weighted by atomic mass is 79.9. The van der Waals surface area contributed by atoms with Crippen molar-refractivity contribution in [3.8, 4) is 0 Å². The van der Waals surface area contributed by atoms with Crippen molar-refractivity contribution >= 4 is 25.2 Å². The Morgan fingerprint density at radius 2 is 2.10 bits per heavy atom. The lowest BCUT2D eigenvalue weighted by Gasteiger charge is -1.91. The van der Waals surface area contributed by atoms with E-state index in [9.17, 15) is 0 Å². The SMILES string of the molecule is [Br-].[PH3+]Cc1cccc(Br)c1. The lowest BCUT2D eigenvalue weighted by atomic mass is 10.2. The predicted molar refractivity (Wildman–Crippen MR) is 49.0 cm³/mol. The smallest absolute Gasteiger partial charge is 0.0774 e. The van der Waals surface area contributed by atoms with E-state index >= 15 is 0 Å². The summed E-state index contributed by atoms with van der Waals surface area (Å²) in [6, 6.07) is 8.39. The Kier molecular flexibility index (Phi) is 5.61. The van der Waals surface area contributed by atoms with Crippen LogP contribution in [0.5, 0.6) is 0 Å². The summed E-state index contributed by atoms with van der Waals surface area (Å²) in [7, 11) is 1.97. The number of hydrogen-bond donors (Lipinski definition) is 0. The average molecular weight is 284 g/mol. The molecule has 0 aliphatic heterocycles. The monoisotopic (exact) mass is 282 g/mol. The zero-order valence-electron chi connectivity index (χ0n) is 5.48. The van der Waals surface area contributed by atoms with E-state index in [0.29, 0.717) is 0 Å². The molecule has 0 heterocycles. The molecule has 0 nitrogen and oxygen atoms in total. The van der Waals surface area contributed by atoms with Gasteiger partial charge in [0.15, 0.2) is 0 Å². The van der Waals surface area contributed by atoms with Crippen LogP contribution in [0.1, 0.15) is 5.56 Å². The van der Waals surface area contributed by atoms with Crippen molar-refractivity contribution in [2.45, 2.75) is 6.16 Å². The van der Waals surface area contributed by atoms with Gasteiger partial charge in [0.25, 0.3) is 0 Å². The molecule has 0 radical (unpaired) electrons. The molecular formula is C7H9Br2P. The van der Waals surface area contributed by atoms with Crippen molar-refractivity contribution in [3.63, 3.8) is 0 Å². The third-order valence-electron chi connectivity index (χ3n) is 1.18. The fourth-order valence-corrected chi connectivity index (χ4v) is 1.45. The molecule has 0 aromatic heterocycles. The third-order valence-corrected chi connectivity index (χ3v) is 2.25. The highest BCUT2D eigenvalue weighted by Crippen LogP contribution is 2.13. The van der Waals surface area contributed by atoms with Gasteiger partial charge in [0.2, 0.25) is 0 Å². The lowest BCUT2D eigenvalue weighted by molar-refractivity contribution is -0.00000164. The van der Waals surface area contributed by atoms with Crippen LogP contribution in [0.15, 0.2) is 28.7 Å². The van der Waals surface area contributed by atoms with Crippen molar-refractivity contribution in [1.29, 1.82) is 0 Å². The van der Waals surface area contributed by atoms with Crippen molar-refractivity contribution in [3.05, 3.63) is 34.3 Å². The van der Waals surface area contributed by atoms with E-state index in [-0.39, 0.29) is 17.0 Å². The van der Waals surface area contributed by atoms with Crippen LogP contribution in [0.25, 0.3) is 0 Å². The van der Waals surface area contributed by atoms with E-state index < -0.39 is 0 Å². The van der Waals surface area contributed by atoms with Gasteiger partial charge in [0, 0.05) is 4.47 Å². The first-order valence-electron chi connectivity index (χ1n) is 2.86. The molecule has 0 saturated carbocycles. The molecule has 3 heteroatoms. The lowest BCUT2D eigenvalue weighted by Crippen LogP contribution is -3.00. The molecule has 1 atom stereocenters. The van der Waals surface area contributed by atoms with Gasteiger partial charge in [-0.1, -0.05) is 28.1 Å². The minimum absolute atomic E-state index is 0. The number of halogens is 2. The normalized spacial score (nSPS) is 8.90. The molecule has 1 unspecified atom stereocenters. The van der Waals surface area contributed by atoms with E-state index in [4.69, 9.17) is 0 Å². The molecule has 0 fully saturated rings. The Hall–Kier alpha value is 0.610. The highest BCUT2D eigenvalue weighted by Gasteiger charge is 1.89. The number of benzene rings is 1. The van der Waals surface area contributed by atoms with E-state index in [0.717, 1.165) is 6.16 Å². The zero-order valence-corrected chi connectivity index (χ0v) is 10.1. The van der Waals surface area contributed by atoms with Gasteiger partial charge < -0.3 is 17.0 Å². The van der Waals surface area contributed by atoms with Crippen LogP contribution in [0.2, 0.25) is 0 Å². The second kappa shape index (κ2) is 5.29. The minimum atomic E-state index is 0. The largest absolute Gasteiger partial charge is 1.00 e. The Labute approximate surface area is 82.5 Å². The van der Waals surface area contributed by atoms with Gasteiger partial charge in [-0.05, 0) is 26.9 Å². The quantitative estimate of drug-likeness (QED) is 0.613. The van der Waals surface area contributed by atoms with Gasteiger partial charge in [0.1, 0.15) is 0 Å². The molecule has 10 heavy (non-hydrogen) atoms. The topological polar surface area (TPSA) is 0 Å². The summed E-state index contributed by atoms with van der Waals surface area (Å²) in [6.07, 6.45) is 1.14. The van der Waals surface area contributed by atoms with Crippen molar-refractivity contribution in [2.24, 2.45) is 0 Å². The zero-order chi connectivity index (χ0) is 6.69. The number of rotatable bonds is 1. The summed E-state index contributed by atoms with van der Waals surface area (Å²) < 4.78 is 1.17. The summed E-state index contributed by atoms with van der Waals surface area (Å²) in [5, 5.41) is 0. The molecule has 1 rings (SSSR count). The minimum Gasteiger partial charge on any atom is -1.00 e. The maximum Gasteiger partial charge on any atom is 0.0774 e. The fraction of sp³-hybridized carbons (Fsp3) is 0.143. The van der Waals surface area contributed by atoms with E-state index in [1.807, 2.05) is 15.3 Å². The first-order chi connectivity index (χ1) is 4.33. The van der Waals surface area contributed by atoms with Gasteiger partial charge in [-0.2, -0.15) is 0 Å². The third kappa shape index (κ3) is 3.14. The van der Waals surface area contributed by atoms with E-state index in [1.165, 1.54) is 10.0 Å². The predicted octanol–water partition coefficient (Wildman–Crippen LogP) is -0.440. The molecule has 0 N–H and O–H groups in total. The van der Waals surface area contributed by atoms with E-state index in [2.05, 4.69) is 34.1 Å². The summed E-state index contributed by atoms with van der Waals surface area (Å²) >= 11 is 3.41. The molecule has 0 aliphatic carbocycles. The molecule has 0 bridgehead atoms. The second-order valence-electron chi connectivity index (χ2n) is 1.88. The first kappa shape index (κ1) is 10.6. The van der Waals surface area contributed by atoms with Gasteiger partial charge in [-0.3, -0.25) is 0 Å². The van der Waals surface area contributed by atoms with Crippen molar-refractivity contribution < 1.29 is 17.0 Å². The van der Waals surface area contributed by atoms with Crippen LogP contribution in [0.4, 0.5) is 0 Å². The van der Waals surface area contributed by atoms with Crippen LogP contribution in [-0.2, 0) is 6.16 Å². The second-order valence-corrected chi connectivity index (χ2v) is 3.30. The van der Waals surface area contributed by atoms with Crippen LogP contribution >= 0.6 is 25.2 Å². The molecule has 1 aromatic rings. The van der Waals surface area contributed by atoms with E-state index in [1.54, 1.807) is 0 Å². The summed E-state index contributed by atoms with van der Waals surface area (Å²) in [4.78, 5) is 0. The maximum absolute atomic E-state index is 3.41. The van der Waals surface area contributed by atoms with Gasteiger partial charge in [0.05, 0.1) is 6.16 Å². The summed E-state index contributed by atoms with van der Waals surface area (Å²) in [5.41, 5.74) is 1.39. The Bertz CT molecular complexity index is 201. The molecule has 0 saturated heterocycles. The van der Waals surface area contributed by atoms with Gasteiger partial charge in [-0.25, -0.2) is 0 Å². The van der Waals surface area contributed by atoms with Crippen molar-refractivity contribution in [2.75, 3.05) is 0 Å². The molecule has 0 amide bonds. The molecule has 56 valence electrons. The van der Waals surface area contributed by atoms with Crippen LogP contribution in [-0.4, -0.2) is 0 Å². The van der Waals surface area contributed by atoms with Gasteiger partial charge in [-0.15, -0.1) is 0 Å². The number of hydrogen-bond acceptors (Lipinski definition) is 0. The van der Waals surface area contributed by atoms with Crippen LogP contribution in [0, 0.1) is 0 Å². The highest BCUT2D eigenvalue weighted by molar-refractivity contribution is 9.10. The standard InChI is InChI=1S/C7H8BrP.BrH/c8-7-3-1-2-6(4-7)5-9;/h1-4H,5,9H2;1H. The maximum atomic E-state index is 3.41. The first-order valence-corrected chi connectivity index (χ1v) is 4.66. The summed E-state index contributed by atoms with van der Waals surface area (Å²) in [6.45, 7) is 0. The summed E-state index contributed by atoms with van der Waals surface area (Å²) in [5.74, 6) is 0. The Morgan fingerprint density at radius 3 is 2.50 bits per heavy atom. The Balaban J connectivity index is 0.000000810. The van der Waals surface area contributed by atoms with Crippen LogP contribution < -0.4 is 17.0 Å². The average Bonchev–Trinajstić information content (AvgIpc) is 1.88.